The second-order valence-corrected chi connectivity index (χ2v) is 6.42. The molecule has 0 saturated carbocycles. The molecule has 0 aromatic carbocycles. The van der Waals surface area contributed by atoms with E-state index < -0.39 is 0 Å². The first-order valence-corrected chi connectivity index (χ1v) is 9.32. The molecule has 136 valence electrons. The van der Waals surface area contributed by atoms with Gasteiger partial charge in [-0.3, -0.25) is 4.79 Å². The highest BCUT2D eigenvalue weighted by Gasteiger charge is 2.09. The van der Waals surface area contributed by atoms with Crippen molar-refractivity contribution >= 4 is 18.4 Å². The molecule has 0 N–H and O–H groups in total. The van der Waals surface area contributed by atoms with Crippen molar-refractivity contribution in [3.05, 3.63) is 12.7 Å². The molecule has 1 rings (SSSR count). The molecule has 0 bridgehead atoms. The zero-order valence-corrected chi connectivity index (χ0v) is 15.6. The predicted octanol–water partition coefficient (Wildman–Crippen LogP) is 5.13. The van der Waals surface area contributed by atoms with Crippen LogP contribution in [0.5, 0.6) is 0 Å². The molecule has 0 unspecified atom stereocenters. The number of piperidine rings is 1. The first kappa shape index (κ1) is 22.5. The largest absolute Gasteiger partial charge is 0.466 e. The second kappa shape index (κ2) is 16.3. The third kappa shape index (κ3) is 13.6. The van der Waals surface area contributed by atoms with Crippen molar-refractivity contribution in [3.63, 3.8) is 0 Å². The van der Waals surface area contributed by atoms with Crippen LogP contribution in [0.15, 0.2) is 12.7 Å². The van der Waals surface area contributed by atoms with Crippen molar-refractivity contribution in [2.75, 3.05) is 26.2 Å². The topological polar surface area (TPSA) is 29.5 Å². The molecule has 0 spiro atoms. The minimum Gasteiger partial charge on any atom is -0.466 e. The summed E-state index contributed by atoms with van der Waals surface area (Å²) in [5.74, 6) is -0.00898. The van der Waals surface area contributed by atoms with Crippen LogP contribution in [0.1, 0.15) is 77.0 Å². The Morgan fingerprint density at radius 3 is 2.30 bits per heavy atom. The molecule has 1 aliphatic rings. The molecule has 1 heterocycles. The average Bonchev–Trinajstić information content (AvgIpc) is 2.55. The number of nitrogens with zero attached hydrogens (tertiary/aromatic N) is 1. The Morgan fingerprint density at radius 1 is 0.957 bits per heavy atom. The lowest BCUT2D eigenvalue weighted by Gasteiger charge is -2.26. The van der Waals surface area contributed by atoms with E-state index in [0.717, 1.165) is 32.2 Å². The van der Waals surface area contributed by atoms with Crippen molar-refractivity contribution in [2.45, 2.75) is 77.0 Å². The maximum absolute atomic E-state index is 11.6. The third-order valence-corrected chi connectivity index (χ3v) is 4.37. The standard InChI is InChI=1S/C19H35NO2.ClH/c1-2-3-4-5-6-7-8-10-14-19(21)22-18-13-17-20-15-11-9-12-16-20;/h2H,1,3-18H2;1H. The number of hydrogen-bond donors (Lipinski definition) is 0. The second-order valence-electron chi connectivity index (χ2n) is 6.42. The maximum Gasteiger partial charge on any atom is 0.305 e. The summed E-state index contributed by atoms with van der Waals surface area (Å²) in [5, 5.41) is 0. The lowest BCUT2D eigenvalue weighted by atomic mass is 10.1. The van der Waals surface area contributed by atoms with Gasteiger partial charge in [0.2, 0.25) is 0 Å². The van der Waals surface area contributed by atoms with Crippen LogP contribution in [0, 0.1) is 0 Å². The van der Waals surface area contributed by atoms with E-state index >= 15 is 0 Å². The minimum atomic E-state index is -0.00898. The molecule has 0 amide bonds. The van der Waals surface area contributed by atoms with Crippen LogP contribution >= 0.6 is 12.4 Å². The lowest BCUT2D eigenvalue weighted by molar-refractivity contribution is -0.144. The summed E-state index contributed by atoms with van der Waals surface area (Å²) in [7, 11) is 0. The molecule has 1 aliphatic heterocycles. The number of likely N-dealkylation sites (tertiary alicyclic amines) is 1. The highest BCUT2D eigenvalue weighted by Crippen LogP contribution is 2.10. The van der Waals surface area contributed by atoms with Crippen LogP contribution < -0.4 is 0 Å². The van der Waals surface area contributed by atoms with Crippen LogP contribution in [-0.4, -0.2) is 37.1 Å². The fourth-order valence-electron chi connectivity index (χ4n) is 2.99. The molecule has 4 heteroatoms. The van der Waals surface area contributed by atoms with E-state index in [1.807, 2.05) is 6.08 Å². The SMILES string of the molecule is C=CCCCCCCCCC(=O)OCCCN1CCCCC1.Cl. The summed E-state index contributed by atoms with van der Waals surface area (Å²) >= 11 is 0. The van der Waals surface area contributed by atoms with E-state index in [4.69, 9.17) is 4.74 Å². The van der Waals surface area contributed by atoms with Gasteiger partial charge in [-0.05, 0) is 51.6 Å². The Morgan fingerprint density at radius 2 is 1.61 bits per heavy atom. The van der Waals surface area contributed by atoms with Gasteiger partial charge in [0.25, 0.3) is 0 Å². The van der Waals surface area contributed by atoms with Gasteiger partial charge in [-0.2, -0.15) is 0 Å². The Kier molecular flexibility index (Phi) is 15.9. The van der Waals surface area contributed by atoms with Crippen molar-refractivity contribution in [1.82, 2.24) is 4.90 Å². The van der Waals surface area contributed by atoms with Gasteiger partial charge in [-0.1, -0.05) is 38.2 Å². The van der Waals surface area contributed by atoms with E-state index in [9.17, 15) is 4.79 Å². The summed E-state index contributed by atoms with van der Waals surface area (Å²) in [6.07, 6.45) is 15.9. The number of esters is 1. The van der Waals surface area contributed by atoms with Crippen molar-refractivity contribution in [3.8, 4) is 0 Å². The molecule has 1 fully saturated rings. The lowest BCUT2D eigenvalue weighted by Crippen LogP contribution is -2.31. The molecule has 3 nitrogen and oxygen atoms in total. The number of allylic oxidation sites excluding steroid dienone is 1. The number of hydrogen-bond acceptors (Lipinski definition) is 3. The molecular formula is C19H36ClNO2. The molecule has 0 aromatic heterocycles. The first-order valence-electron chi connectivity index (χ1n) is 9.32. The van der Waals surface area contributed by atoms with Crippen LogP contribution in [0.25, 0.3) is 0 Å². The van der Waals surface area contributed by atoms with Crippen LogP contribution in [0.3, 0.4) is 0 Å². The number of carbonyl (C=O) groups excluding carboxylic acids is 1. The Bertz CT molecular complexity index is 291. The summed E-state index contributed by atoms with van der Waals surface area (Å²) in [4.78, 5) is 14.1. The molecule has 0 aliphatic carbocycles. The predicted molar refractivity (Wildman–Crippen MR) is 100 cm³/mol. The van der Waals surface area contributed by atoms with E-state index in [-0.39, 0.29) is 18.4 Å². The third-order valence-electron chi connectivity index (χ3n) is 4.37. The number of ether oxygens (including phenoxy) is 1. The smallest absolute Gasteiger partial charge is 0.305 e. The van der Waals surface area contributed by atoms with E-state index in [1.165, 1.54) is 58.0 Å². The van der Waals surface area contributed by atoms with Gasteiger partial charge >= 0.3 is 5.97 Å². The summed E-state index contributed by atoms with van der Waals surface area (Å²) in [6.45, 7) is 7.85. The van der Waals surface area contributed by atoms with E-state index in [0.29, 0.717) is 13.0 Å². The number of carbonyl (C=O) groups is 1. The first-order chi connectivity index (χ1) is 10.8. The molecule has 0 radical (unpaired) electrons. The molecular weight excluding hydrogens is 310 g/mol. The Labute approximate surface area is 149 Å². The molecule has 23 heavy (non-hydrogen) atoms. The normalized spacial score (nSPS) is 15.0. The van der Waals surface area contributed by atoms with Crippen LogP contribution in [-0.2, 0) is 9.53 Å². The van der Waals surface area contributed by atoms with Gasteiger partial charge < -0.3 is 9.64 Å². The van der Waals surface area contributed by atoms with E-state index in [1.54, 1.807) is 0 Å². The van der Waals surface area contributed by atoms with Gasteiger partial charge in [0.15, 0.2) is 0 Å². The summed E-state index contributed by atoms with van der Waals surface area (Å²) < 4.78 is 5.32. The summed E-state index contributed by atoms with van der Waals surface area (Å²) in [6, 6.07) is 0. The zero-order valence-electron chi connectivity index (χ0n) is 14.8. The number of halogens is 1. The highest BCUT2D eigenvalue weighted by molar-refractivity contribution is 5.85. The van der Waals surface area contributed by atoms with Gasteiger partial charge in [-0.25, -0.2) is 0 Å². The van der Waals surface area contributed by atoms with Crippen LogP contribution in [0.2, 0.25) is 0 Å². The Hall–Kier alpha value is -0.540. The molecule has 1 saturated heterocycles. The molecule has 0 aromatic rings. The maximum atomic E-state index is 11.6. The average molecular weight is 346 g/mol. The monoisotopic (exact) mass is 345 g/mol. The van der Waals surface area contributed by atoms with Gasteiger partial charge in [0, 0.05) is 13.0 Å². The zero-order chi connectivity index (χ0) is 15.9. The fourth-order valence-corrected chi connectivity index (χ4v) is 2.99. The van der Waals surface area contributed by atoms with E-state index in [2.05, 4.69) is 11.5 Å². The van der Waals surface area contributed by atoms with Crippen LogP contribution in [0.4, 0.5) is 0 Å². The highest BCUT2D eigenvalue weighted by atomic mass is 35.5. The van der Waals surface area contributed by atoms with Crippen molar-refractivity contribution in [1.29, 1.82) is 0 Å². The quantitative estimate of drug-likeness (QED) is 0.263. The van der Waals surface area contributed by atoms with Crippen molar-refractivity contribution < 1.29 is 9.53 Å². The molecule has 0 atom stereocenters. The summed E-state index contributed by atoms with van der Waals surface area (Å²) in [5.41, 5.74) is 0. The number of unbranched alkanes of at least 4 members (excludes halogenated alkanes) is 6. The fraction of sp³-hybridized carbons (Fsp3) is 0.842. The minimum absolute atomic E-state index is 0. The van der Waals surface area contributed by atoms with Gasteiger partial charge in [0.1, 0.15) is 0 Å². The van der Waals surface area contributed by atoms with Gasteiger partial charge in [0.05, 0.1) is 6.61 Å². The van der Waals surface area contributed by atoms with Crippen molar-refractivity contribution in [2.24, 2.45) is 0 Å². The Balaban J connectivity index is 0.00000484. The number of rotatable bonds is 13. The van der Waals surface area contributed by atoms with Gasteiger partial charge in [-0.15, -0.1) is 19.0 Å².